The number of halogens is 1. The van der Waals surface area contributed by atoms with Crippen molar-refractivity contribution in [2.24, 2.45) is 0 Å². The van der Waals surface area contributed by atoms with Gasteiger partial charge in [-0.25, -0.2) is 4.39 Å². The summed E-state index contributed by atoms with van der Waals surface area (Å²) in [6, 6.07) is 12.0. The highest BCUT2D eigenvalue weighted by atomic mass is 19.1. The van der Waals surface area contributed by atoms with Crippen molar-refractivity contribution < 1.29 is 19.7 Å². The molecule has 106 valence electrons. The molecule has 0 amide bonds. The Morgan fingerprint density at radius 3 is 1.90 bits per heavy atom. The molecule has 0 aliphatic rings. The van der Waals surface area contributed by atoms with Crippen LogP contribution in [0.5, 0.6) is 17.2 Å². The van der Waals surface area contributed by atoms with Gasteiger partial charge in [-0.2, -0.15) is 0 Å². The standard InChI is InChI=1S/C16H12FNO3/c17-9-5-7-10(8-6-9)18-13-14(19)11-3-1-2-4-12(11)15(20)16(13)21/h1-8,18-21H. The SMILES string of the molecule is Oc1c(Nc2ccc(F)cc2)c(O)c2ccccc2c1O. The molecule has 3 aromatic carbocycles. The van der Waals surface area contributed by atoms with Crippen LogP contribution in [0.3, 0.4) is 0 Å². The number of rotatable bonds is 2. The van der Waals surface area contributed by atoms with Crippen LogP contribution in [0.15, 0.2) is 48.5 Å². The molecule has 5 heteroatoms. The lowest BCUT2D eigenvalue weighted by Crippen LogP contribution is -1.93. The Bertz CT molecular complexity index is 816. The van der Waals surface area contributed by atoms with Crippen LogP contribution in [-0.4, -0.2) is 15.3 Å². The summed E-state index contributed by atoms with van der Waals surface area (Å²) in [6.45, 7) is 0. The number of hydrogen-bond donors (Lipinski definition) is 4. The molecule has 0 fully saturated rings. The van der Waals surface area contributed by atoms with Crippen LogP contribution in [0.2, 0.25) is 0 Å². The van der Waals surface area contributed by atoms with Crippen LogP contribution in [0.1, 0.15) is 0 Å². The summed E-state index contributed by atoms with van der Waals surface area (Å²) >= 11 is 0. The molecule has 0 radical (unpaired) electrons. The first-order valence-corrected chi connectivity index (χ1v) is 6.26. The molecule has 4 N–H and O–H groups in total. The minimum absolute atomic E-state index is 0.0298. The average molecular weight is 285 g/mol. The fourth-order valence-corrected chi connectivity index (χ4v) is 2.18. The van der Waals surface area contributed by atoms with E-state index in [4.69, 9.17) is 0 Å². The van der Waals surface area contributed by atoms with Gasteiger partial charge in [0.2, 0.25) is 0 Å². The fourth-order valence-electron chi connectivity index (χ4n) is 2.18. The Hall–Kier alpha value is -2.95. The molecule has 0 unspecified atom stereocenters. The molecule has 4 nitrogen and oxygen atoms in total. The first-order valence-electron chi connectivity index (χ1n) is 6.26. The number of benzene rings is 3. The molecule has 0 aromatic heterocycles. The summed E-state index contributed by atoms with van der Waals surface area (Å²) in [6.07, 6.45) is 0. The Morgan fingerprint density at radius 1 is 0.714 bits per heavy atom. The number of hydrogen-bond acceptors (Lipinski definition) is 4. The van der Waals surface area contributed by atoms with E-state index in [2.05, 4.69) is 5.32 Å². The molecule has 0 heterocycles. The highest BCUT2D eigenvalue weighted by molar-refractivity contribution is 6.01. The van der Waals surface area contributed by atoms with Crippen LogP contribution in [0.25, 0.3) is 10.8 Å². The number of phenolic OH excluding ortho intramolecular Hbond substituents is 3. The molecule has 0 atom stereocenters. The van der Waals surface area contributed by atoms with E-state index in [1.807, 2.05) is 0 Å². The van der Waals surface area contributed by atoms with E-state index < -0.39 is 11.6 Å². The van der Waals surface area contributed by atoms with Gasteiger partial charge < -0.3 is 20.6 Å². The minimum Gasteiger partial charge on any atom is -0.505 e. The van der Waals surface area contributed by atoms with E-state index in [1.54, 1.807) is 24.3 Å². The second-order valence-corrected chi connectivity index (χ2v) is 4.60. The van der Waals surface area contributed by atoms with E-state index in [0.29, 0.717) is 16.5 Å². The number of phenols is 3. The van der Waals surface area contributed by atoms with Gasteiger partial charge >= 0.3 is 0 Å². The van der Waals surface area contributed by atoms with Gasteiger partial charge in [-0.15, -0.1) is 0 Å². The summed E-state index contributed by atoms with van der Waals surface area (Å²) in [5.74, 6) is -1.37. The van der Waals surface area contributed by atoms with Crippen molar-refractivity contribution in [2.45, 2.75) is 0 Å². The quantitative estimate of drug-likeness (QED) is 0.426. The van der Waals surface area contributed by atoms with Crippen molar-refractivity contribution in [3.05, 3.63) is 54.3 Å². The lowest BCUT2D eigenvalue weighted by atomic mass is 10.1. The molecule has 0 saturated heterocycles. The third-order valence-electron chi connectivity index (χ3n) is 3.25. The zero-order valence-corrected chi connectivity index (χ0v) is 10.8. The maximum absolute atomic E-state index is 12.9. The molecule has 3 rings (SSSR count). The zero-order valence-electron chi connectivity index (χ0n) is 10.8. The maximum atomic E-state index is 12.9. The van der Waals surface area contributed by atoms with Gasteiger partial charge in [-0.3, -0.25) is 0 Å². The van der Waals surface area contributed by atoms with Crippen molar-refractivity contribution in [1.29, 1.82) is 0 Å². The van der Waals surface area contributed by atoms with Crippen molar-refractivity contribution in [2.75, 3.05) is 5.32 Å². The van der Waals surface area contributed by atoms with Gasteiger partial charge in [-0.05, 0) is 24.3 Å². The average Bonchev–Trinajstić information content (AvgIpc) is 2.51. The number of anilines is 2. The monoisotopic (exact) mass is 285 g/mol. The predicted octanol–water partition coefficient (Wildman–Crippen LogP) is 3.84. The molecule has 0 aliphatic carbocycles. The highest BCUT2D eigenvalue weighted by Gasteiger charge is 2.18. The molecular weight excluding hydrogens is 273 g/mol. The fraction of sp³-hybridized carbons (Fsp3) is 0. The zero-order chi connectivity index (χ0) is 15.0. The molecule has 3 aromatic rings. The van der Waals surface area contributed by atoms with Gasteiger partial charge in [0.1, 0.15) is 11.5 Å². The Labute approximate surface area is 119 Å². The van der Waals surface area contributed by atoms with E-state index in [0.717, 1.165) is 0 Å². The van der Waals surface area contributed by atoms with Gasteiger partial charge in [0.15, 0.2) is 17.2 Å². The molecule has 0 saturated carbocycles. The van der Waals surface area contributed by atoms with Crippen molar-refractivity contribution >= 4 is 22.1 Å². The third-order valence-corrected chi connectivity index (χ3v) is 3.25. The lowest BCUT2D eigenvalue weighted by molar-refractivity contribution is 0.405. The Kier molecular flexibility index (Phi) is 3.02. The lowest BCUT2D eigenvalue weighted by Gasteiger charge is -2.14. The van der Waals surface area contributed by atoms with Gasteiger partial charge in [0.05, 0.1) is 0 Å². The Balaban J connectivity index is 2.16. The summed E-state index contributed by atoms with van der Waals surface area (Å²) in [7, 11) is 0. The maximum Gasteiger partial charge on any atom is 0.186 e. The van der Waals surface area contributed by atoms with Crippen molar-refractivity contribution in [1.82, 2.24) is 0 Å². The van der Waals surface area contributed by atoms with Crippen molar-refractivity contribution in [3.63, 3.8) is 0 Å². The van der Waals surface area contributed by atoms with Crippen LogP contribution in [0, 0.1) is 5.82 Å². The summed E-state index contributed by atoms with van der Waals surface area (Å²) in [5, 5.41) is 33.9. The Morgan fingerprint density at radius 2 is 1.29 bits per heavy atom. The third kappa shape index (κ3) is 2.18. The first-order chi connectivity index (χ1) is 10.1. The smallest absolute Gasteiger partial charge is 0.186 e. The predicted molar refractivity (Wildman–Crippen MR) is 78.6 cm³/mol. The topological polar surface area (TPSA) is 72.7 Å². The van der Waals surface area contributed by atoms with E-state index in [1.165, 1.54) is 24.3 Å². The number of aromatic hydroxyl groups is 3. The van der Waals surface area contributed by atoms with Crippen LogP contribution in [-0.2, 0) is 0 Å². The molecule has 0 spiro atoms. The summed E-state index contributed by atoms with van der Waals surface area (Å²) in [4.78, 5) is 0. The highest BCUT2D eigenvalue weighted by Crippen LogP contribution is 2.48. The largest absolute Gasteiger partial charge is 0.505 e. The molecular formula is C16H12FNO3. The van der Waals surface area contributed by atoms with E-state index in [9.17, 15) is 19.7 Å². The second kappa shape index (κ2) is 4.86. The molecule has 0 bridgehead atoms. The normalized spacial score (nSPS) is 10.7. The van der Waals surface area contributed by atoms with Gasteiger partial charge in [0.25, 0.3) is 0 Å². The number of fused-ring (bicyclic) bond motifs is 1. The van der Waals surface area contributed by atoms with Gasteiger partial charge in [0, 0.05) is 16.5 Å². The van der Waals surface area contributed by atoms with Crippen LogP contribution >= 0.6 is 0 Å². The first kappa shape index (κ1) is 13.1. The molecule has 0 aliphatic heterocycles. The minimum atomic E-state index is -0.462. The summed E-state index contributed by atoms with van der Waals surface area (Å²) in [5.41, 5.74) is 0.439. The van der Waals surface area contributed by atoms with Crippen molar-refractivity contribution in [3.8, 4) is 17.2 Å². The van der Waals surface area contributed by atoms with Gasteiger partial charge in [-0.1, -0.05) is 24.3 Å². The van der Waals surface area contributed by atoms with Crippen LogP contribution < -0.4 is 5.32 Å². The molecule has 21 heavy (non-hydrogen) atoms. The number of nitrogens with one attached hydrogen (secondary N) is 1. The van der Waals surface area contributed by atoms with E-state index in [-0.39, 0.29) is 17.2 Å². The van der Waals surface area contributed by atoms with Crippen LogP contribution in [0.4, 0.5) is 15.8 Å². The second-order valence-electron chi connectivity index (χ2n) is 4.60. The summed E-state index contributed by atoms with van der Waals surface area (Å²) < 4.78 is 12.9. The van der Waals surface area contributed by atoms with E-state index >= 15 is 0 Å².